The Morgan fingerprint density at radius 1 is 1.13 bits per heavy atom. The molecule has 4 nitrogen and oxygen atoms in total. The van der Waals surface area contributed by atoms with Crippen LogP contribution in [0.2, 0.25) is 5.02 Å². The van der Waals surface area contributed by atoms with Gasteiger partial charge in [0.05, 0.1) is 12.6 Å². The third-order valence-corrected chi connectivity index (χ3v) is 5.28. The van der Waals surface area contributed by atoms with Gasteiger partial charge in [0.15, 0.2) is 0 Å². The van der Waals surface area contributed by atoms with Crippen LogP contribution in [0.25, 0.3) is 0 Å². The SMILES string of the molecule is CNCC(=O)N(C)C(C1=CCCC=C1)c1ccc(Cl)cc1.O=CCCc1ccccc1. The smallest absolute Gasteiger partial charge is 0.237 e. The van der Waals surface area contributed by atoms with Gasteiger partial charge in [-0.1, -0.05) is 72.3 Å². The Bertz CT molecular complexity index is 876. The average Bonchev–Trinajstić information content (AvgIpc) is 2.81. The van der Waals surface area contributed by atoms with Crippen molar-refractivity contribution in [1.29, 1.82) is 0 Å². The van der Waals surface area contributed by atoms with Crippen LogP contribution in [0.1, 0.15) is 36.4 Å². The Balaban J connectivity index is 0.000000285. The molecule has 2 aromatic rings. The van der Waals surface area contributed by atoms with Gasteiger partial charge in [-0.25, -0.2) is 0 Å². The van der Waals surface area contributed by atoms with Crippen molar-refractivity contribution in [3.63, 3.8) is 0 Å². The predicted molar refractivity (Wildman–Crippen MR) is 128 cm³/mol. The van der Waals surface area contributed by atoms with Crippen molar-refractivity contribution in [2.45, 2.75) is 31.7 Å². The first kappa shape index (κ1) is 24.6. The maximum absolute atomic E-state index is 12.3. The number of aryl methyl sites for hydroxylation is 1. The summed E-state index contributed by atoms with van der Waals surface area (Å²) in [4.78, 5) is 24.0. The van der Waals surface area contributed by atoms with Crippen molar-refractivity contribution in [1.82, 2.24) is 10.2 Å². The van der Waals surface area contributed by atoms with Gasteiger partial charge >= 0.3 is 0 Å². The van der Waals surface area contributed by atoms with Gasteiger partial charge in [-0.2, -0.15) is 0 Å². The highest BCUT2D eigenvalue weighted by molar-refractivity contribution is 6.30. The summed E-state index contributed by atoms with van der Waals surface area (Å²) in [6.45, 7) is 0.331. The summed E-state index contributed by atoms with van der Waals surface area (Å²) in [5.74, 6) is 0.0670. The molecule has 0 aromatic heterocycles. The normalized spacial score (nSPS) is 13.5. The summed E-state index contributed by atoms with van der Waals surface area (Å²) in [6, 6.07) is 17.6. The summed E-state index contributed by atoms with van der Waals surface area (Å²) in [7, 11) is 3.63. The molecule has 164 valence electrons. The molecule has 0 radical (unpaired) electrons. The minimum Gasteiger partial charge on any atom is -0.334 e. The Labute approximate surface area is 190 Å². The second kappa shape index (κ2) is 13.6. The van der Waals surface area contributed by atoms with Crippen molar-refractivity contribution in [3.8, 4) is 0 Å². The molecule has 31 heavy (non-hydrogen) atoms. The minimum atomic E-state index is -0.0698. The largest absolute Gasteiger partial charge is 0.334 e. The molecule has 1 aliphatic carbocycles. The van der Waals surface area contributed by atoms with Gasteiger partial charge in [-0.3, -0.25) is 4.79 Å². The van der Waals surface area contributed by atoms with Crippen molar-refractivity contribution in [3.05, 3.63) is 94.5 Å². The predicted octanol–water partition coefficient (Wildman–Crippen LogP) is 5.15. The van der Waals surface area contributed by atoms with Crippen LogP contribution >= 0.6 is 11.6 Å². The molecule has 0 spiro atoms. The third-order valence-electron chi connectivity index (χ3n) is 5.03. The molecule has 1 aliphatic rings. The highest BCUT2D eigenvalue weighted by atomic mass is 35.5. The second-order valence-corrected chi connectivity index (χ2v) is 7.80. The van der Waals surface area contributed by atoms with Crippen molar-refractivity contribution < 1.29 is 9.59 Å². The number of aldehydes is 1. The van der Waals surface area contributed by atoms with Crippen LogP contribution in [0.4, 0.5) is 0 Å². The Morgan fingerprint density at radius 2 is 1.84 bits per heavy atom. The van der Waals surface area contributed by atoms with Crippen LogP contribution in [0.5, 0.6) is 0 Å². The average molecular weight is 439 g/mol. The first-order valence-electron chi connectivity index (χ1n) is 10.6. The van der Waals surface area contributed by atoms with Crippen molar-refractivity contribution >= 4 is 23.8 Å². The zero-order valence-corrected chi connectivity index (χ0v) is 19.0. The third kappa shape index (κ3) is 8.16. The molecule has 0 saturated heterocycles. The number of carbonyl (C=O) groups excluding carboxylic acids is 2. The lowest BCUT2D eigenvalue weighted by Gasteiger charge is -2.31. The maximum Gasteiger partial charge on any atom is 0.237 e. The van der Waals surface area contributed by atoms with E-state index in [0.29, 0.717) is 18.0 Å². The zero-order valence-electron chi connectivity index (χ0n) is 18.3. The summed E-state index contributed by atoms with van der Waals surface area (Å²) < 4.78 is 0. The Kier molecular flexibility index (Phi) is 10.8. The zero-order chi connectivity index (χ0) is 22.5. The number of nitrogens with one attached hydrogen (secondary N) is 1. The maximum atomic E-state index is 12.3. The van der Waals surface area contributed by atoms with Gasteiger partial charge in [-0.05, 0) is 55.1 Å². The molecule has 0 saturated carbocycles. The molecule has 0 fully saturated rings. The first-order chi connectivity index (χ1) is 15.1. The van der Waals surface area contributed by atoms with Crippen LogP contribution < -0.4 is 5.32 Å². The van der Waals surface area contributed by atoms with E-state index >= 15 is 0 Å². The number of amides is 1. The number of benzene rings is 2. The topological polar surface area (TPSA) is 49.4 Å². The van der Waals surface area contributed by atoms with Gasteiger partial charge in [0, 0.05) is 18.5 Å². The van der Waals surface area contributed by atoms with E-state index in [4.69, 9.17) is 11.6 Å². The lowest BCUT2D eigenvalue weighted by molar-refractivity contribution is -0.130. The Morgan fingerprint density at radius 3 is 2.42 bits per heavy atom. The highest BCUT2D eigenvalue weighted by Gasteiger charge is 2.24. The monoisotopic (exact) mass is 438 g/mol. The van der Waals surface area contributed by atoms with Crippen LogP contribution in [0.3, 0.4) is 0 Å². The number of halogens is 1. The standard InChI is InChI=1S/C17H21ClN2O.C9H10O/c1-19-12-16(21)20(2)17(13-6-4-3-5-7-13)14-8-10-15(18)11-9-14;10-8-4-7-9-5-2-1-3-6-9/h4,6-11,17,19H,3,5,12H2,1-2H3;1-3,5-6,8H,4,7H2. The van der Waals surface area contributed by atoms with Crippen LogP contribution in [0.15, 0.2) is 78.4 Å². The highest BCUT2D eigenvalue weighted by Crippen LogP contribution is 2.31. The van der Waals surface area contributed by atoms with Crippen LogP contribution in [-0.2, 0) is 16.0 Å². The van der Waals surface area contributed by atoms with Gasteiger partial charge in [0.1, 0.15) is 6.29 Å². The minimum absolute atomic E-state index is 0.0670. The molecule has 2 aromatic carbocycles. The fourth-order valence-corrected chi connectivity index (χ4v) is 3.54. The molecule has 1 atom stereocenters. The van der Waals surface area contributed by atoms with Crippen molar-refractivity contribution in [2.24, 2.45) is 0 Å². The van der Waals surface area contributed by atoms with Gasteiger partial charge in [0.2, 0.25) is 5.91 Å². The molecule has 0 bridgehead atoms. The van der Waals surface area contributed by atoms with Gasteiger partial charge in [-0.15, -0.1) is 0 Å². The van der Waals surface area contributed by atoms with E-state index in [0.717, 1.165) is 36.7 Å². The number of rotatable bonds is 8. The number of nitrogens with zero attached hydrogens (tertiary/aromatic N) is 1. The Hall–Kier alpha value is -2.69. The summed E-state index contributed by atoms with van der Waals surface area (Å²) in [5, 5.41) is 3.62. The summed E-state index contributed by atoms with van der Waals surface area (Å²) in [6.07, 6.45) is 11.0. The molecular formula is C26H31ClN2O2. The lowest BCUT2D eigenvalue weighted by Crippen LogP contribution is -2.37. The molecule has 0 aliphatic heterocycles. The number of allylic oxidation sites excluding steroid dienone is 2. The van der Waals surface area contributed by atoms with Crippen LogP contribution in [-0.4, -0.2) is 37.7 Å². The molecule has 3 rings (SSSR count). The molecule has 1 unspecified atom stereocenters. The van der Waals surface area contributed by atoms with Crippen molar-refractivity contribution in [2.75, 3.05) is 20.6 Å². The van der Waals surface area contributed by atoms with E-state index in [2.05, 4.69) is 23.5 Å². The van der Waals surface area contributed by atoms with E-state index in [1.54, 1.807) is 11.9 Å². The second-order valence-electron chi connectivity index (χ2n) is 7.36. The summed E-state index contributed by atoms with van der Waals surface area (Å²) in [5.41, 5.74) is 3.47. The molecule has 0 heterocycles. The fraction of sp³-hybridized carbons (Fsp3) is 0.308. The van der Waals surface area contributed by atoms with Crippen LogP contribution in [0, 0.1) is 0 Å². The van der Waals surface area contributed by atoms with E-state index in [1.165, 1.54) is 5.56 Å². The number of likely N-dealkylation sites (N-methyl/N-ethyl adjacent to an activating group) is 2. The van der Waals surface area contributed by atoms with E-state index in [9.17, 15) is 9.59 Å². The van der Waals surface area contributed by atoms with E-state index in [-0.39, 0.29) is 11.9 Å². The van der Waals surface area contributed by atoms with Gasteiger partial charge in [0.25, 0.3) is 0 Å². The molecule has 1 N–H and O–H groups in total. The molecule has 1 amide bonds. The fourth-order valence-electron chi connectivity index (χ4n) is 3.41. The summed E-state index contributed by atoms with van der Waals surface area (Å²) >= 11 is 5.97. The number of hydrogen-bond donors (Lipinski definition) is 1. The van der Waals surface area contributed by atoms with E-state index < -0.39 is 0 Å². The van der Waals surface area contributed by atoms with Gasteiger partial charge < -0.3 is 15.0 Å². The first-order valence-corrected chi connectivity index (χ1v) is 10.9. The molecular weight excluding hydrogens is 408 g/mol. The quantitative estimate of drug-likeness (QED) is 0.579. The molecule has 5 heteroatoms. The lowest BCUT2D eigenvalue weighted by atomic mass is 9.93. The van der Waals surface area contributed by atoms with E-state index in [1.807, 2.05) is 61.6 Å². The number of carbonyl (C=O) groups is 2. The number of hydrogen-bond acceptors (Lipinski definition) is 3.